The number of carbonyl (C=O) groups is 2. The molecule has 0 atom stereocenters. The fraction of sp³-hybridized carbons (Fsp3) is 0.429. The zero-order chi connectivity index (χ0) is 20.8. The fourth-order valence-corrected chi connectivity index (χ4v) is 3.41. The Bertz CT molecular complexity index is 879. The van der Waals surface area contributed by atoms with E-state index in [9.17, 15) is 14.7 Å². The number of hydrogen-bond acceptors (Lipinski definition) is 6. The van der Waals surface area contributed by atoms with Gasteiger partial charge in [0.1, 0.15) is 11.3 Å². The Hall–Kier alpha value is -3.16. The topological polar surface area (TPSA) is 105 Å². The first-order valence-corrected chi connectivity index (χ1v) is 9.89. The number of piperidine rings is 1. The van der Waals surface area contributed by atoms with E-state index in [1.165, 1.54) is 0 Å². The van der Waals surface area contributed by atoms with Crippen LogP contribution in [0, 0.1) is 0 Å². The number of benzene rings is 1. The molecule has 0 aliphatic carbocycles. The molecule has 0 spiro atoms. The largest absolute Gasteiger partial charge is 0.493 e. The summed E-state index contributed by atoms with van der Waals surface area (Å²) in [5, 5.41) is 12.8. The van der Waals surface area contributed by atoms with E-state index in [4.69, 9.17) is 4.74 Å². The van der Waals surface area contributed by atoms with Crippen LogP contribution in [-0.4, -0.2) is 57.6 Å². The van der Waals surface area contributed by atoms with Crippen molar-refractivity contribution in [2.24, 2.45) is 0 Å². The molecule has 8 heteroatoms. The van der Waals surface area contributed by atoms with E-state index in [2.05, 4.69) is 15.3 Å². The van der Waals surface area contributed by atoms with Gasteiger partial charge in [-0.25, -0.2) is 14.8 Å². The van der Waals surface area contributed by atoms with Crippen molar-refractivity contribution in [1.29, 1.82) is 0 Å². The summed E-state index contributed by atoms with van der Waals surface area (Å²) in [6.07, 6.45) is 3.86. The van der Waals surface area contributed by atoms with Gasteiger partial charge in [-0.15, -0.1) is 0 Å². The number of nitrogens with one attached hydrogen (secondary N) is 1. The number of carboxylic acids is 1. The molecular formula is C21H26N4O4. The normalized spacial score (nSPS) is 14.5. The third-order valence-corrected chi connectivity index (χ3v) is 4.94. The standard InChI is InChI=1S/C21H26N4O4/c1-3-19(26)25-11-8-15(9-12-25)23-21-22-10-7-17(24-21)14-5-6-18(29-4-2)16(13-14)20(27)28/h5-7,10,13,15H,3-4,8-9,11-12H2,1-2H3,(H,27,28)(H,22,23,24). The summed E-state index contributed by atoms with van der Waals surface area (Å²) in [6.45, 7) is 5.53. The van der Waals surface area contributed by atoms with Crippen molar-refractivity contribution in [1.82, 2.24) is 14.9 Å². The van der Waals surface area contributed by atoms with Gasteiger partial charge in [0.2, 0.25) is 11.9 Å². The van der Waals surface area contributed by atoms with Crippen molar-refractivity contribution in [2.45, 2.75) is 39.2 Å². The summed E-state index contributed by atoms with van der Waals surface area (Å²) in [6, 6.07) is 6.95. The average Bonchev–Trinajstić information content (AvgIpc) is 2.74. The number of hydrogen-bond donors (Lipinski definition) is 2. The molecule has 0 saturated carbocycles. The van der Waals surface area contributed by atoms with E-state index in [1.54, 1.807) is 30.5 Å². The quantitative estimate of drug-likeness (QED) is 0.738. The van der Waals surface area contributed by atoms with Crippen LogP contribution >= 0.6 is 0 Å². The fourth-order valence-electron chi connectivity index (χ4n) is 3.41. The van der Waals surface area contributed by atoms with Crippen molar-refractivity contribution in [3.8, 4) is 17.0 Å². The SMILES string of the molecule is CCOc1ccc(-c2ccnc(NC3CCN(C(=O)CC)CC3)n2)cc1C(=O)O. The van der Waals surface area contributed by atoms with Crippen LogP contribution in [0.4, 0.5) is 5.95 Å². The number of carboxylic acid groups (broad SMARTS) is 1. The van der Waals surface area contributed by atoms with Gasteiger partial charge in [-0.3, -0.25) is 4.79 Å². The molecule has 2 N–H and O–H groups in total. The van der Waals surface area contributed by atoms with Gasteiger partial charge in [0.15, 0.2) is 0 Å². The first-order valence-electron chi connectivity index (χ1n) is 9.89. The number of amides is 1. The molecule has 154 valence electrons. The Morgan fingerprint density at radius 1 is 1.24 bits per heavy atom. The van der Waals surface area contributed by atoms with Crippen molar-refractivity contribution >= 4 is 17.8 Å². The van der Waals surface area contributed by atoms with Crippen molar-refractivity contribution < 1.29 is 19.4 Å². The van der Waals surface area contributed by atoms with E-state index in [0.29, 0.717) is 36.0 Å². The van der Waals surface area contributed by atoms with Gasteiger partial charge >= 0.3 is 5.97 Å². The molecule has 1 fully saturated rings. The molecule has 1 amide bonds. The van der Waals surface area contributed by atoms with Gasteiger partial charge in [-0.05, 0) is 44.0 Å². The van der Waals surface area contributed by atoms with E-state index in [0.717, 1.165) is 25.9 Å². The van der Waals surface area contributed by atoms with Gasteiger partial charge in [-0.1, -0.05) is 6.92 Å². The summed E-state index contributed by atoms with van der Waals surface area (Å²) < 4.78 is 5.39. The monoisotopic (exact) mass is 398 g/mol. The van der Waals surface area contributed by atoms with Crippen molar-refractivity contribution in [3.05, 3.63) is 36.0 Å². The lowest BCUT2D eigenvalue weighted by Crippen LogP contribution is -2.42. The molecule has 8 nitrogen and oxygen atoms in total. The van der Waals surface area contributed by atoms with E-state index >= 15 is 0 Å². The van der Waals surface area contributed by atoms with Gasteiger partial charge in [-0.2, -0.15) is 0 Å². The maximum atomic E-state index is 11.8. The van der Waals surface area contributed by atoms with Gasteiger partial charge in [0, 0.05) is 37.3 Å². The molecule has 1 aromatic heterocycles. The molecule has 1 aromatic carbocycles. The first-order chi connectivity index (χ1) is 14.0. The lowest BCUT2D eigenvalue weighted by molar-refractivity contribution is -0.131. The minimum atomic E-state index is -1.05. The smallest absolute Gasteiger partial charge is 0.339 e. The second-order valence-corrected chi connectivity index (χ2v) is 6.87. The average molecular weight is 398 g/mol. The minimum Gasteiger partial charge on any atom is -0.493 e. The Labute approximate surface area is 169 Å². The van der Waals surface area contributed by atoms with E-state index < -0.39 is 5.97 Å². The second-order valence-electron chi connectivity index (χ2n) is 6.87. The number of nitrogens with zero attached hydrogens (tertiary/aromatic N) is 3. The Morgan fingerprint density at radius 2 is 2.00 bits per heavy atom. The van der Waals surface area contributed by atoms with Crippen LogP contribution in [0.25, 0.3) is 11.3 Å². The molecule has 0 radical (unpaired) electrons. The van der Waals surface area contributed by atoms with E-state index in [1.807, 2.05) is 18.7 Å². The highest BCUT2D eigenvalue weighted by molar-refractivity contribution is 5.92. The molecule has 1 aliphatic rings. The molecule has 0 bridgehead atoms. The zero-order valence-corrected chi connectivity index (χ0v) is 16.7. The highest BCUT2D eigenvalue weighted by Crippen LogP contribution is 2.26. The summed E-state index contributed by atoms with van der Waals surface area (Å²) >= 11 is 0. The molecular weight excluding hydrogens is 372 g/mol. The zero-order valence-electron chi connectivity index (χ0n) is 16.7. The molecule has 0 unspecified atom stereocenters. The van der Waals surface area contributed by atoms with Gasteiger partial charge in [0.25, 0.3) is 0 Å². The number of ether oxygens (including phenoxy) is 1. The summed E-state index contributed by atoms with van der Waals surface area (Å²) in [5.74, 6) is -0.0272. The molecule has 2 heterocycles. The molecule has 2 aromatic rings. The summed E-state index contributed by atoms with van der Waals surface area (Å²) in [5.41, 5.74) is 1.41. The van der Waals surface area contributed by atoms with Crippen molar-refractivity contribution in [3.63, 3.8) is 0 Å². The lowest BCUT2D eigenvalue weighted by Gasteiger charge is -2.32. The van der Waals surface area contributed by atoms with Gasteiger partial charge < -0.3 is 20.1 Å². The number of rotatable bonds is 7. The third-order valence-electron chi connectivity index (χ3n) is 4.94. The Kier molecular flexibility index (Phi) is 6.64. The third kappa shape index (κ3) is 5.01. The maximum absolute atomic E-state index is 11.8. The highest BCUT2D eigenvalue weighted by atomic mass is 16.5. The summed E-state index contributed by atoms with van der Waals surface area (Å²) in [4.78, 5) is 34.1. The Morgan fingerprint density at radius 3 is 2.66 bits per heavy atom. The molecule has 29 heavy (non-hydrogen) atoms. The Balaban J connectivity index is 1.72. The predicted octanol–water partition coefficient (Wildman–Crippen LogP) is 3.05. The van der Waals surface area contributed by atoms with Gasteiger partial charge in [0.05, 0.1) is 12.3 Å². The molecule has 1 saturated heterocycles. The highest BCUT2D eigenvalue weighted by Gasteiger charge is 2.22. The van der Waals surface area contributed by atoms with Crippen LogP contribution in [0.2, 0.25) is 0 Å². The van der Waals surface area contributed by atoms with Crippen LogP contribution in [0.15, 0.2) is 30.5 Å². The maximum Gasteiger partial charge on any atom is 0.339 e. The number of carbonyl (C=O) groups excluding carboxylic acids is 1. The lowest BCUT2D eigenvalue weighted by atomic mass is 10.0. The molecule has 1 aliphatic heterocycles. The van der Waals surface area contributed by atoms with E-state index in [-0.39, 0.29) is 17.5 Å². The number of anilines is 1. The predicted molar refractivity (Wildman–Crippen MR) is 109 cm³/mol. The summed E-state index contributed by atoms with van der Waals surface area (Å²) in [7, 11) is 0. The van der Waals surface area contributed by atoms with Crippen LogP contribution in [0.5, 0.6) is 5.75 Å². The second kappa shape index (κ2) is 9.36. The minimum absolute atomic E-state index is 0.102. The van der Waals surface area contributed by atoms with Crippen LogP contribution < -0.4 is 10.1 Å². The number of aromatic nitrogens is 2. The number of likely N-dealkylation sites (tertiary alicyclic amines) is 1. The van der Waals surface area contributed by atoms with Crippen LogP contribution in [0.1, 0.15) is 43.5 Å². The van der Waals surface area contributed by atoms with Crippen LogP contribution in [0.3, 0.4) is 0 Å². The number of aromatic carboxylic acids is 1. The molecule has 3 rings (SSSR count). The van der Waals surface area contributed by atoms with Crippen molar-refractivity contribution in [2.75, 3.05) is 25.0 Å². The first kappa shape index (κ1) is 20.6. The van der Waals surface area contributed by atoms with Crippen LogP contribution in [-0.2, 0) is 4.79 Å².